The average molecular weight is 470 g/mol. The van der Waals surface area contributed by atoms with Crippen LogP contribution < -0.4 is 9.47 Å². The molecule has 1 aromatic heterocycles. The number of aromatic nitrogens is 1. The Hall–Kier alpha value is -3.81. The van der Waals surface area contributed by atoms with Crippen LogP contribution in [0.4, 0.5) is 0 Å². The van der Waals surface area contributed by atoms with Gasteiger partial charge in [-0.3, -0.25) is 14.6 Å². The van der Waals surface area contributed by atoms with E-state index in [9.17, 15) is 9.90 Å². The fourth-order valence-corrected chi connectivity index (χ4v) is 5.22. The van der Waals surface area contributed by atoms with E-state index < -0.39 is 12.0 Å². The van der Waals surface area contributed by atoms with Crippen LogP contribution >= 0.6 is 0 Å². The molecular formula is C28H27N3O4. The number of H-pyrrole nitrogens is 1. The van der Waals surface area contributed by atoms with Crippen LogP contribution in [0.1, 0.15) is 17.2 Å². The Morgan fingerprint density at radius 1 is 0.914 bits per heavy atom. The molecule has 0 amide bonds. The molecule has 7 nitrogen and oxygen atoms in total. The molecular weight excluding hydrogens is 442 g/mol. The summed E-state index contributed by atoms with van der Waals surface area (Å²) < 4.78 is 10.9. The molecule has 178 valence electrons. The molecule has 1 atom stereocenters. The number of aromatic amines is 1. The first-order valence-electron chi connectivity index (χ1n) is 11.9. The summed E-state index contributed by atoms with van der Waals surface area (Å²) in [4.78, 5) is 20.7. The summed E-state index contributed by atoms with van der Waals surface area (Å²) in [5.41, 5.74) is 4.83. The van der Waals surface area contributed by atoms with E-state index >= 15 is 0 Å². The van der Waals surface area contributed by atoms with E-state index in [-0.39, 0.29) is 6.79 Å². The predicted octanol–water partition coefficient (Wildman–Crippen LogP) is 4.51. The van der Waals surface area contributed by atoms with Crippen molar-refractivity contribution in [1.29, 1.82) is 0 Å². The first kappa shape index (κ1) is 21.7. The highest BCUT2D eigenvalue weighted by molar-refractivity contribution is 5.95. The molecule has 1 fully saturated rings. The first-order chi connectivity index (χ1) is 17.2. The second-order valence-corrected chi connectivity index (χ2v) is 9.07. The van der Waals surface area contributed by atoms with Crippen LogP contribution in [0.15, 0.2) is 72.8 Å². The summed E-state index contributed by atoms with van der Waals surface area (Å²) in [6.45, 7) is 4.00. The molecule has 0 unspecified atom stereocenters. The van der Waals surface area contributed by atoms with Crippen LogP contribution in [-0.4, -0.2) is 58.8 Å². The van der Waals surface area contributed by atoms with Crippen molar-refractivity contribution in [3.63, 3.8) is 0 Å². The zero-order valence-corrected chi connectivity index (χ0v) is 19.3. The van der Waals surface area contributed by atoms with Gasteiger partial charge in [0.15, 0.2) is 11.5 Å². The summed E-state index contributed by atoms with van der Waals surface area (Å²) in [7, 11) is 0. The monoisotopic (exact) mass is 469 g/mol. The van der Waals surface area contributed by atoms with Gasteiger partial charge < -0.3 is 19.6 Å². The van der Waals surface area contributed by atoms with Crippen LogP contribution in [0.3, 0.4) is 0 Å². The van der Waals surface area contributed by atoms with E-state index in [1.165, 1.54) is 5.56 Å². The van der Waals surface area contributed by atoms with E-state index in [0.717, 1.165) is 58.9 Å². The number of carbonyl (C=O) groups is 1. The smallest absolute Gasteiger partial charge is 0.325 e. The Balaban J connectivity index is 1.26. The van der Waals surface area contributed by atoms with Crippen molar-refractivity contribution in [1.82, 2.24) is 14.8 Å². The fraction of sp³-hybridized carbons (Fsp3) is 0.250. The highest BCUT2D eigenvalue weighted by atomic mass is 16.7. The van der Waals surface area contributed by atoms with Crippen molar-refractivity contribution in [3.05, 3.63) is 83.9 Å². The quantitative estimate of drug-likeness (QED) is 0.433. The highest BCUT2D eigenvalue weighted by Gasteiger charge is 2.34. The minimum atomic E-state index is -0.823. The van der Waals surface area contributed by atoms with Crippen molar-refractivity contribution in [2.75, 3.05) is 33.0 Å². The number of piperazine rings is 1. The van der Waals surface area contributed by atoms with Crippen LogP contribution in [0.25, 0.3) is 22.2 Å². The topological polar surface area (TPSA) is 78.0 Å². The lowest BCUT2D eigenvalue weighted by molar-refractivity contribution is -0.144. The van der Waals surface area contributed by atoms with Gasteiger partial charge in [-0.1, -0.05) is 54.6 Å². The van der Waals surface area contributed by atoms with Crippen molar-refractivity contribution in [2.45, 2.75) is 12.6 Å². The number of hydrogen-bond donors (Lipinski definition) is 2. The van der Waals surface area contributed by atoms with Gasteiger partial charge in [-0.25, -0.2) is 0 Å². The van der Waals surface area contributed by atoms with Gasteiger partial charge in [-0.05, 0) is 29.3 Å². The third kappa shape index (κ3) is 4.13. The highest BCUT2D eigenvalue weighted by Crippen LogP contribution is 2.38. The number of ether oxygens (including phenoxy) is 2. The Morgan fingerprint density at radius 3 is 2.46 bits per heavy atom. The summed E-state index contributed by atoms with van der Waals surface area (Å²) >= 11 is 0. The van der Waals surface area contributed by atoms with Crippen LogP contribution in [0.5, 0.6) is 11.5 Å². The van der Waals surface area contributed by atoms with Gasteiger partial charge in [0.2, 0.25) is 6.79 Å². The first-order valence-corrected chi connectivity index (χ1v) is 11.9. The molecule has 35 heavy (non-hydrogen) atoms. The Morgan fingerprint density at radius 2 is 1.66 bits per heavy atom. The van der Waals surface area contributed by atoms with E-state index in [0.29, 0.717) is 13.1 Å². The maximum absolute atomic E-state index is 12.7. The molecule has 3 aromatic carbocycles. The number of nitrogens with zero attached hydrogens (tertiary/aromatic N) is 2. The van der Waals surface area contributed by atoms with E-state index in [1.54, 1.807) is 0 Å². The molecule has 3 heterocycles. The third-order valence-electron chi connectivity index (χ3n) is 6.93. The molecule has 0 bridgehead atoms. The van der Waals surface area contributed by atoms with E-state index in [2.05, 4.69) is 20.9 Å². The van der Waals surface area contributed by atoms with Gasteiger partial charge in [-0.2, -0.15) is 0 Å². The molecule has 7 heteroatoms. The molecule has 2 N–H and O–H groups in total. The number of hydrogen-bond acceptors (Lipinski definition) is 5. The predicted molar refractivity (Wildman–Crippen MR) is 134 cm³/mol. The summed E-state index contributed by atoms with van der Waals surface area (Å²) in [6, 6.07) is 23.3. The van der Waals surface area contributed by atoms with E-state index in [4.69, 9.17) is 9.47 Å². The molecule has 1 saturated heterocycles. The van der Waals surface area contributed by atoms with Crippen molar-refractivity contribution >= 4 is 16.9 Å². The normalized spacial score (nSPS) is 17.0. The largest absolute Gasteiger partial charge is 0.480 e. The lowest BCUT2D eigenvalue weighted by Gasteiger charge is -2.38. The van der Waals surface area contributed by atoms with Crippen LogP contribution in [0.2, 0.25) is 0 Å². The minimum absolute atomic E-state index is 0.271. The number of nitrogens with one attached hydrogen (secondary N) is 1. The summed E-state index contributed by atoms with van der Waals surface area (Å²) in [6.07, 6.45) is 0. The van der Waals surface area contributed by atoms with Gasteiger partial charge in [0.05, 0.1) is 5.69 Å². The number of carboxylic acid groups (broad SMARTS) is 1. The third-order valence-corrected chi connectivity index (χ3v) is 6.93. The maximum atomic E-state index is 12.7. The second kappa shape index (κ2) is 9.09. The Labute approximate surface area is 203 Å². The van der Waals surface area contributed by atoms with Crippen molar-refractivity contribution in [2.24, 2.45) is 0 Å². The standard InChI is InChI=1S/C28H27N3O4/c32-28(33)27(25-21-8-4-5-9-22(21)29-26(25)20-6-2-1-3-7-20)31-14-12-30(13-15-31)17-19-10-11-23-24(16-19)35-18-34-23/h1-11,16,27,29H,12-15,17-18H2,(H,32,33)/t27-/m1/s1. The SMILES string of the molecule is O=C(O)[C@@H](c1c(-c2ccccc2)[nH]c2ccccc12)N1CCN(Cc2ccc3c(c2)OCO3)CC1. The lowest BCUT2D eigenvalue weighted by Crippen LogP contribution is -2.48. The molecule has 0 spiro atoms. The molecule has 4 aromatic rings. The number of benzene rings is 3. The number of carboxylic acids is 1. The fourth-order valence-electron chi connectivity index (χ4n) is 5.22. The second-order valence-electron chi connectivity index (χ2n) is 9.07. The van der Waals surface area contributed by atoms with Gasteiger partial charge in [0.1, 0.15) is 6.04 Å². The van der Waals surface area contributed by atoms with Gasteiger partial charge in [0.25, 0.3) is 0 Å². The Kier molecular flexibility index (Phi) is 5.64. The summed E-state index contributed by atoms with van der Waals surface area (Å²) in [5.74, 6) is 0.756. The number of rotatable bonds is 6. The maximum Gasteiger partial charge on any atom is 0.325 e. The van der Waals surface area contributed by atoms with E-state index in [1.807, 2.05) is 66.7 Å². The van der Waals surface area contributed by atoms with Crippen molar-refractivity contribution in [3.8, 4) is 22.8 Å². The number of fused-ring (bicyclic) bond motifs is 2. The number of para-hydroxylation sites is 1. The zero-order chi connectivity index (χ0) is 23.8. The van der Waals surface area contributed by atoms with Gasteiger partial charge in [0, 0.05) is 49.2 Å². The Bertz CT molecular complexity index is 1360. The van der Waals surface area contributed by atoms with Crippen LogP contribution in [-0.2, 0) is 11.3 Å². The molecule has 0 aliphatic carbocycles. The molecule has 0 saturated carbocycles. The number of aliphatic carboxylic acids is 1. The average Bonchev–Trinajstić information content (AvgIpc) is 3.50. The molecule has 6 rings (SSSR count). The lowest BCUT2D eigenvalue weighted by atomic mass is 9.97. The van der Waals surface area contributed by atoms with Crippen LogP contribution in [0, 0.1) is 0 Å². The van der Waals surface area contributed by atoms with Gasteiger partial charge in [-0.15, -0.1) is 0 Å². The molecule has 0 radical (unpaired) electrons. The zero-order valence-electron chi connectivity index (χ0n) is 19.3. The van der Waals surface area contributed by atoms with Crippen molar-refractivity contribution < 1.29 is 19.4 Å². The molecule has 2 aliphatic rings. The summed E-state index contributed by atoms with van der Waals surface area (Å²) in [5, 5.41) is 11.4. The molecule has 2 aliphatic heterocycles. The van der Waals surface area contributed by atoms with Gasteiger partial charge >= 0.3 is 5.97 Å². The minimum Gasteiger partial charge on any atom is -0.480 e.